The van der Waals surface area contributed by atoms with Gasteiger partial charge >= 0.3 is 5.97 Å². The van der Waals surface area contributed by atoms with Crippen LogP contribution in [0.25, 0.3) is 6.08 Å². The molecule has 0 heterocycles. The maximum atomic E-state index is 12.5. The molecule has 1 atom stereocenters. The van der Waals surface area contributed by atoms with E-state index in [1.165, 1.54) is 12.7 Å². The van der Waals surface area contributed by atoms with Crippen LogP contribution >= 0.6 is 0 Å². The van der Waals surface area contributed by atoms with Crippen LogP contribution in [0, 0.1) is 0 Å². The van der Waals surface area contributed by atoms with Crippen LogP contribution in [0.1, 0.15) is 57.6 Å². The first kappa shape index (κ1) is 19.9. The van der Waals surface area contributed by atoms with Gasteiger partial charge in [-0.25, -0.2) is 0 Å². The second-order valence-corrected chi connectivity index (χ2v) is 6.27. The molecule has 0 bridgehead atoms. The molecule has 0 aliphatic carbocycles. The van der Waals surface area contributed by atoms with Gasteiger partial charge in [0.25, 0.3) is 0 Å². The molecular weight excluding hydrogens is 302 g/mol. The highest BCUT2D eigenvalue weighted by Crippen LogP contribution is 2.15. The summed E-state index contributed by atoms with van der Waals surface area (Å²) in [6, 6.07) is 8.27. The zero-order valence-corrected chi connectivity index (χ0v) is 15.4. The molecule has 0 saturated carbocycles. The summed E-state index contributed by atoms with van der Waals surface area (Å²) in [6.07, 6.45) is 4.45. The molecule has 0 N–H and O–H groups in total. The van der Waals surface area contributed by atoms with Crippen molar-refractivity contribution in [2.45, 2.75) is 52.5 Å². The third-order valence-electron chi connectivity index (χ3n) is 4.21. The fourth-order valence-corrected chi connectivity index (χ4v) is 2.34. The van der Waals surface area contributed by atoms with Crippen LogP contribution in [0.15, 0.2) is 30.3 Å². The number of esters is 1. The molecule has 4 heteroatoms. The van der Waals surface area contributed by atoms with Crippen molar-refractivity contribution in [2.24, 2.45) is 0 Å². The van der Waals surface area contributed by atoms with Gasteiger partial charge < -0.3 is 9.64 Å². The number of carbonyl (C=O) groups is 2. The first-order chi connectivity index (χ1) is 11.4. The molecule has 0 aliphatic heterocycles. The monoisotopic (exact) mass is 331 g/mol. The normalized spacial score (nSPS) is 12.4. The minimum absolute atomic E-state index is 0.0788. The third kappa shape index (κ3) is 6.19. The first-order valence-corrected chi connectivity index (χ1v) is 8.54. The molecule has 132 valence electrons. The van der Waals surface area contributed by atoms with Gasteiger partial charge in [-0.1, -0.05) is 45.0 Å². The molecule has 0 spiro atoms. The van der Waals surface area contributed by atoms with E-state index in [0.717, 1.165) is 12.0 Å². The van der Waals surface area contributed by atoms with Crippen molar-refractivity contribution in [3.63, 3.8) is 0 Å². The summed E-state index contributed by atoms with van der Waals surface area (Å²) in [5.41, 5.74) is 2.27. The number of hydrogen-bond donors (Lipinski definition) is 0. The van der Waals surface area contributed by atoms with Crippen LogP contribution in [-0.4, -0.2) is 36.5 Å². The fourth-order valence-electron chi connectivity index (χ4n) is 2.34. The average Bonchev–Trinajstić information content (AvgIpc) is 2.59. The van der Waals surface area contributed by atoms with Crippen LogP contribution < -0.4 is 0 Å². The van der Waals surface area contributed by atoms with Gasteiger partial charge in [0, 0.05) is 18.7 Å². The van der Waals surface area contributed by atoms with Crippen molar-refractivity contribution in [3.8, 4) is 0 Å². The lowest BCUT2D eigenvalue weighted by Gasteiger charge is -2.27. The van der Waals surface area contributed by atoms with E-state index in [1.807, 2.05) is 32.1 Å². The van der Waals surface area contributed by atoms with Gasteiger partial charge in [0.15, 0.2) is 0 Å². The maximum Gasteiger partial charge on any atom is 0.307 e. The topological polar surface area (TPSA) is 46.6 Å². The molecule has 0 saturated heterocycles. The van der Waals surface area contributed by atoms with E-state index in [1.54, 1.807) is 11.0 Å². The molecule has 0 radical (unpaired) electrons. The van der Waals surface area contributed by atoms with Crippen molar-refractivity contribution in [1.82, 2.24) is 4.90 Å². The standard InChI is InChI=1S/C20H29NO3/c1-6-16(4)21(14-13-20(23)24-5)19(22)12-9-17-7-10-18(11-8-17)15(2)3/h7-12,15-16H,6,13-14H2,1-5H3/b12-9+. The number of carbonyl (C=O) groups excluding carboxylic acids is 2. The zero-order chi connectivity index (χ0) is 18.1. The van der Waals surface area contributed by atoms with Gasteiger partial charge in [-0.15, -0.1) is 0 Å². The van der Waals surface area contributed by atoms with Gasteiger partial charge in [-0.2, -0.15) is 0 Å². The molecule has 24 heavy (non-hydrogen) atoms. The predicted molar refractivity (Wildman–Crippen MR) is 97.7 cm³/mol. The van der Waals surface area contributed by atoms with Crippen molar-refractivity contribution in [2.75, 3.05) is 13.7 Å². The first-order valence-electron chi connectivity index (χ1n) is 8.54. The van der Waals surface area contributed by atoms with Crippen LogP contribution in [0.2, 0.25) is 0 Å². The molecule has 0 fully saturated rings. The average molecular weight is 331 g/mol. The number of amides is 1. The molecule has 1 aromatic rings. The summed E-state index contributed by atoms with van der Waals surface area (Å²) in [6.45, 7) is 8.69. The predicted octanol–water partition coefficient (Wildman–Crippen LogP) is 4.01. The Morgan fingerprint density at radius 2 is 1.79 bits per heavy atom. The Kier molecular flexibility index (Phi) is 8.24. The Hall–Kier alpha value is -2.10. The van der Waals surface area contributed by atoms with Gasteiger partial charge in [0.2, 0.25) is 5.91 Å². The van der Waals surface area contributed by atoms with Crippen molar-refractivity contribution in [3.05, 3.63) is 41.5 Å². The van der Waals surface area contributed by atoms with Gasteiger partial charge in [-0.3, -0.25) is 9.59 Å². The van der Waals surface area contributed by atoms with E-state index in [9.17, 15) is 9.59 Å². The summed E-state index contributed by atoms with van der Waals surface area (Å²) in [7, 11) is 1.36. The highest BCUT2D eigenvalue weighted by Gasteiger charge is 2.18. The molecule has 1 amide bonds. The Labute approximate surface area is 145 Å². The highest BCUT2D eigenvalue weighted by molar-refractivity contribution is 5.92. The Morgan fingerprint density at radius 1 is 1.17 bits per heavy atom. The lowest BCUT2D eigenvalue weighted by Crippen LogP contribution is -2.38. The lowest BCUT2D eigenvalue weighted by atomic mass is 10.0. The molecule has 1 aromatic carbocycles. The summed E-state index contributed by atoms with van der Waals surface area (Å²) in [4.78, 5) is 25.5. The van der Waals surface area contributed by atoms with Crippen molar-refractivity contribution in [1.29, 1.82) is 0 Å². The number of nitrogens with zero attached hydrogens (tertiary/aromatic N) is 1. The van der Waals surface area contributed by atoms with Gasteiger partial charge in [-0.05, 0) is 36.5 Å². The fraction of sp³-hybridized carbons (Fsp3) is 0.500. The third-order valence-corrected chi connectivity index (χ3v) is 4.21. The molecule has 0 aliphatic rings. The summed E-state index contributed by atoms with van der Waals surface area (Å²) in [5.74, 6) is 0.106. The lowest BCUT2D eigenvalue weighted by molar-refractivity contribution is -0.141. The molecular formula is C20H29NO3. The minimum Gasteiger partial charge on any atom is -0.469 e. The molecule has 1 unspecified atom stereocenters. The highest BCUT2D eigenvalue weighted by atomic mass is 16.5. The quantitative estimate of drug-likeness (QED) is 0.534. The summed E-state index contributed by atoms with van der Waals surface area (Å²) < 4.78 is 4.66. The van der Waals surface area contributed by atoms with Crippen LogP contribution in [0.4, 0.5) is 0 Å². The number of hydrogen-bond acceptors (Lipinski definition) is 3. The van der Waals surface area contributed by atoms with Crippen LogP contribution in [-0.2, 0) is 14.3 Å². The number of methoxy groups -OCH3 is 1. The van der Waals surface area contributed by atoms with E-state index < -0.39 is 0 Å². The van der Waals surface area contributed by atoms with E-state index in [-0.39, 0.29) is 24.3 Å². The molecule has 0 aromatic heterocycles. The maximum absolute atomic E-state index is 12.5. The van der Waals surface area contributed by atoms with Gasteiger partial charge in [0.1, 0.15) is 0 Å². The molecule has 4 nitrogen and oxygen atoms in total. The SMILES string of the molecule is CCC(C)N(CCC(=O)OC)C(=O)/C=C/c1ccc(C(C)C)cc1. The Morgan fingerprint density at radius 3 is 2.29 bits per heavy atom. The number of benzene rings is 1. The van der Waals surface area contributed by atoms with Crippen LogP contribution in [0.3, 0.4) is 0 Å². The Balaban J connectivity index is 2.76. The number of rotatable bonds is 8. The summed E-state index contributed by atoms with van der Waals surface area (Å²) >= 11 is 0. The van der Waals surface area contributed by atoms with Gasteiger partial charge in [0.05, 0.1) is 13.5 Å². The Bertz CT molecular complexity index is 561. The summed E-state index contributed by atoms with van der Waals surface area (Å²) in [5, 5.41) is 0. The van der Waals surface area contributed by atoms with Crippen LogP contribution in [0.5, 0.6) is 0 Å². The second-order valence-electron chi connectivity index (χ2n) is 6.27. The second kappa shape index (κ2) is 9.91. The van der Waals surface area contributed by atoms with Crippen molar-refractivity contribution < 1.29 is 14.3 Å². The van der Waals surface area contributed by atoms with E-state index in [0.29, 0.717) is 12.5 Å². The van der Waals surface area contributed by atoms with Crippen molar-refractivity contribution >= 4 is 18.0 Å². The van der Waals surface area contributed by atoms with E-state index in [4.69, 9.17) is 0 Å². The largest absolute Gasteiger partial charge is 0.469 e. The zero-order valence-electron chi connectivity index (χ0n) is 15.4. The smallest absolute Gasteiger partial charge is 0.307 e. The minimum atomic E-state index is -0.302. The van der Waals surface area contributed by atoms with E-state index >= 15 is 0 Å². The number of ether oxygens (including phenoxy) is 1. The molecule has 1 rings (SSSR count). The van der Waals surface area contributed by atoms with E-state index in [2.05, 4.69) is 30.7 Å².